The molecule has 1 aromatic carbocycles. The molecule has 1 aromatic rings. The van der Waals surface area contributed by atoms with E-state index in [9.17, 15) is 15.2 Å². The number of benzene rings is 1. The maximum absolute atomic E-state index is 10.9. The molecule has 0 unspecified atom stereocenters. The van der Waals surface area contributed by atoms with Crippen molar-refractivity contribution in [1.82, 2.24) is 0 Å². The number of hydrogen-bond acceptors (Lipinski definition) is 4. The Morgan fingerprint density at radius 1 is 1.29 bits per heavy atom. The van der Waals surface area contributed by atoms with Crippen molar-refractivity contribution in [2.45, 2.75) is 25.4 Å². The van der Waals surface area contributed by atoms with E-state index in [2.05, 4.69) is 30.9 Å². The smallest absolute Gasteiger partial charge is 0.269 e. The molecule has 5 heteroatoms. The molecule has 124 valence electrons. The van der Waals surface area contributed by atoms with Crippen LogP contribution in [0.3, 0.4) is 0 Å². The molecule has 1 N–H and O–H groups in total. The molecule has 0 fully saturated rings. The van der Waals surface area contributed by atoms with Gasteiger partial charge in [0.25, 0.3) is 5.70 Å². The molecule has 0 spiro atoms. The Bertz CT molecular complexity index is 816. The van der Waals surface area contributed by atoms with Crippen LogP contribution in [0.5, 0.6) is 0 Å². The van der Waals surface area contributed by atoms with Crippen LogP contribution in [-0.4, -0.2) is 23.2 Å². The minimum atomic E-state index is -0.831. The maximum Gasteiger partial charge on any atom is 0.269 e. The fourth-order valence-corrected chi connectivity index (χ4v) is 3.34. The number of para-hydroxylation sites is 1. The number of nitro groups is 1. The molecule has 0 bridgehead atoms. The summed E-state index contributed by atoms with van der Waals surface area (Å²) in [5.74, 6) is 0. The Morgan fingerprint density at radius 2 is 2.00 bits per heavy atom. The highest BCUT2D eigenvalue weighted by Gasteiger charge is 2.37. The van der Waals surface area contributed by atoms with Gasteiger partial charge in [0.1, 0.15) is 0 Å². The summed E-state index contributed by atoms with van der Waals surface area (Å²) in [5.41, 5.74) is 3.78. The molecule has 0 amide bonds. The van der Waals surface area contributed by atoms with Crippen LogP contribution in [0, 0.1) is 10.1 Å². The van der Waals surface area contributed by atoms with Gasteiger partial charge in [-0.3, -0.25) is 10.1 Å². The van der Waals surface area contributed by atoms with E-state index < -0.39 is 11.0 Å². The summed E-state index contributed by atoms with van der Waals surface area (Å²) in [7, 11) is 2.01. The normalized spacial score (nSPS) is 25.1. The quantitative estimate of drug-likeness (QED) is 0.669. The van der Waals surface area contributed by atoms with E-state index in [1.807, 2.05) is 25.3 Å². The minimum absolute atomic E-state index is 0.0210. The monoisotopic (exact) mass is 324 g/mol. The van der Waals surface area contributed by atoms with Gasteiger partial charge in [0.05, 0.1) is 11.0 Å². The number of aliphatic hydroxyl groups is 1. The SMILES string of the molecule is CN1/C(=C/C=C2\C=C([N+](=O)[O-])C=C[C@@H]2O)C(C)(C)c2ccccc21. The Morgan fingerprint density at radius 3 is 2.67 bits per heavy atom. The second kappa shape index (κ2) is 5.76. The largest absolute Gasteiger partial charge is 0.384 e. The zero-order valence-corrected chi connectivity index (χ0v) is 13.9. The van der Waals surface area contributed by atoms with Crippen molar-refractivity contribution < 1.29 is 10.0 Å². The number of aliphatic hydroxyl groups excluding tert-OH is 1. The Kier molecular flexibility index (Phi) is 3.89. The fraction of sp³-hybridized carbons (Fsp3) is 0.263. The van der Waals surface area contributed by atoms with E-state index in [4.69, 9.17) is 0 Å². The van der Waals surface area contributed by atoms with E-state index in [0.29, 0.717) is 5.57 Å². The second-order valence-corrected chi connectivity index (χ2v) is 6.55. The van der Waals surface area contributed by atoms with E-state index >= 15 is 0 Å². The average molecular weight is 324 g/mol. The summed E-state index contributed by atoms with van der Waals surface area (Å²) < 4.78 is 0. The van der Waals surface area contributed by atoms with Crippen LogP contribution in [0.15, 0.2) is 71.6 Å². The molecule has 24 heavy (non-hydrogen) atoms. The van der Waals surface area contributed by atoms with E-state index in [-0.39, 0.29) is 11.1 Å². The molecule has 0 saturated heterocycles. The first-order chi connectivity index (χ1) is 11.3. The van der Waals surface area contributed by atoms with E-state index in [1.165, 1.54) is 23.8 Å². The van der Waals surface area contributed by atoms with Gasteiger partial charge in [0, 0.05) is 36.0 Å². The lowest BCUT2D eigenvalue weighted by atomic mass is 9.83. The highest BCUT2D eigenvalue weighted by molar-refractivity contribution is 5.70. The van der Waals surface area contributed by atoms with Crippen LogP contribution in [0.25, 0.3) is 0 Å². The van der Waals surface area contributed by atoms with Gasteiger partial charge in [-0.2, -0.15) is 0 Å². The highest BCUT2D eigenvalue weighted by atomic mass is 16.6. The predicted molar refractivity (Wildman–Crippen MR) is 94.3 cm³/mol. The summed E-state index contributed by atoms with van der Waals surface area (Å²) in [6.45, 7) is 4.30. The Labute approximate surface area is 141 Å². The van der Waals surface area contributed by atoms with Gasteiger partial charge >= 0.3 is 0 Å². The van der Waals surface area contributed by atoms with Gasteiger partial charge in [-0.15, -0.1) is 0 Å². The lowest BCUT2D eigenvalue weighted by molar-refractivity contribution is -0.419. The first-order valence-corrected chi connectivity index (χ1v) is 7.80. The topological polar surface area (TPSA) is 66.6 Å². The summed E-state index contributed by atoms with van der Waals surface area (Å²) in [6, 6.07) is 8.23. The fourth-order valence-electron chi connectivity index (χ4n) is 3.34. The van der Waals surface area contributed by atoms with Crippen molar-refractivity contribution in [3.63, 3.8) is 0 Å². The standard InChI is InChI=1S/C19H20N2O3/c1-19(2)15-6-4-5-7-16(15)20(3)18(19)11-8-13-12-14(21(23)24)9-10-17(13)22/h4-12,17,22H,1-3H3/b13-8+,18-11+/t17-/m0/s1. The molecule has 2 aliphatic rings. The lowest BCUT2D eigenvalue weighted by Crippen LogP contribution is -2.22. The summed E-state index contributed by atoms with van der Waals surface area (Å²) in [4.78, 5) is 12.6. The van der Waals surface area contributed by atoms with E-state index in [0.717, 1.165) is 11.4 Å². The molecule has 1 atom stereocenters. The van der Waals surface area contributed by atoms with Crippen molar-refractivity contribution in [3.8, 4) is 0 Å². The zero-order chi connectivity index (χ0) is 17.5. The molecule has 3 rings (SSSR count). The third-order valence-corrected chi connectivity index (χ3v) is 4.69. The summed E-state index contributed by atoms with van der Waals surface area (Å²) in [6.07, 6.45) is 7.04. The first kappa shape index (κ1) is 16.2. The van der Waals surface area contributed by atoms with Crippen LogP contribution in [0.1, 0.15) is 19.4 Å². The molecule has 1 aliphatic heterocycles. The molecule has 0 aromatic heterocycles. The molecular weight excluding hydrogens is 304 g/mol. The van der Waals surface area contributed by atoms with Crippen LogP contribution < -0.4 is 4.90 Å². The van der Waals surface area contributed by atoms with Crippen molar-refractivity contribution >= 4 is 5.69 Å². The first-order valence-electron chi connectivity index (χ1n) is 7.80. The maximum atomic E-state index is 10.9. The van der Waals surface area contributed by atoms with Crippen molar-refractivity contribution in [3.05, 3.63) is 87.3 Å². The van der Waals surface area contributed by atoms with Crippen molar-refractivity contribution in [1.29, 1.82) is 0 Å². The molecular formula is C19H20N2O3. The Balaban J connectivity index is 2.01. The molecule has 0 radical (unpaired) electrons. The Hall–Kier alpha value is -2.66. The molecule has 0 saturated carbocycles. The van der Waals surface area contributed by atoms with Crippen LogP contribution in [0.2, 0.25) is 0 Å². The van der Waals surface area contributed by atoms with Gasteiger partial charge < -0.3 is 10.0 Å². The summed E-state index contributed by atoms with van der Waals surface area (Å²) in [5, 5.41) is 21.0. The number of nitrogens with zero attached hydrogens (tertiary/aromatic N) is 2. The van der Waals surface area contributed by atoms with Crippen LogP contribution in [-0.2, 0) is 5.41 Å². The van der Waals surface area contributed by atoms with Gasteiger partial charge in [0.15, 0.2) is 0 Å². The number of rotatable bonds is 2. The van der Waals surface area contributed by atoms with E-state index in [1.54, 1.807) is 6.08 Å². The number of likely N-dealkylation sites (N-methyl/N-ethyl adjacent to an activating group) is 1. The molecule has 1 heterocycles. The number of allylic oxidation sites excluding steroid dienone is 4. The third kappa shape index (κ3) is 2.57. The van der Waals surface area contributed by atoms with Gasteiger partial charge in [-0.05, 0) is 29.4 Å². The van der Waals surface area contributed by atoms with Crippen molar-refractivity contribution in [2.24, 2.45) is 0 Å². The third-order valence-electron chi connectivity index (χ3n) is 4.69. The average Bonchev–Trinajstić information content (AvgIpc) is 2.74. The van der Waals surface area contributed by atoms with Gasteiger partial charge in [0.2, 0.25) is 0 Å². The number of fused-ring (bicyclic) bond motifs is 1. The molecule has 5 nitrogen and oxygen atoms in total. The predicted octanol–water partition coefficient (Wildman–Crippen LogP) is 3.32. The minimum Gasteiger partial charge on any atom is -0.384 e. The molecule has 1 aliphatic carbocycles. The van der Waals surface area contributed by atoms with Crippen LogP contribution in [0.4, 0.5) is 5.69 Å². The van der Waals surface area contributed by atoms with Crippen molar-refractivity contribution in [2.75, 3.05) is 11.9 Å². The second-order valence-electron chi connectivity index (χ2n) is 6.55. The van der Waals surface area contributed by atoms with Crippen LogP contribution >= 0.6 is 0 Å². The lowest BCUT2D eigenvalue weighted by Gasteiger charge is -2.24. The number of hydrogen-bond donors (Lipinski definition) is 1. The van der Waals surface area contributed by atoms with Gasteiger partial charge in [-0.1, -0.05) is 38.1 Å². The summed E-state index contributed by atoms with van der Waals surface area (Å²) >= 11 is 0. The van der Waals surface area contributed by atoms with Gasteiger partial charge in [-0.25, -0.2) is 0 Å². The zero-order valence-electron chi connectivity index (χ0n) is 13.9. The highest BCUT2D eigenvalue weighted by Crippen LogP contribution is 2.46. The number of anilines is 1.